The first-order valence-electron chi connectivity index (χ1n) is 14.7. The molecule has 0 spiro atoms. The van der Waals surface area contributed by atoms with Crippen LogP contribution in [0.2, 0.25) is 0 Å². The third-order valence-corrected chi connectivity index (χ3v) is 7.71. The quantitative estimate of drug-likeness (QED) is 0.141. The average Bonchev–Trinajstić information content (AvgIpc) is 2.99. The standard InChI is InChI=1S/C34H34N2O8/c1-3-11-43-33-25-13-21-7-5-9-23(31(21)37)15-27-19-30(36(41)42)20-28(34(27)44-12-4-2)16-24-10-6-8-22(32(24)38)14-26(33)18-29(17-25)35(39)40/h5-10,17-20,37-38H,3-4,11-16H2,1-2H3. The average molecular weight is 599 g/mol. The molecule has 0 aromatic heterocycles. The molecule has 2 N–H and O–H groups in total. The highest BCUT2D eigenvalue weighted by molar-refractivity contribution is 5.59. The first-order chi connectivity index (χ1) is 21.2. The summed E-state index contributed by atoms with van der Waals surface area (Å²) in [4.78, 5) is 23.1. The van der Waals surface area contributed by atoms with Crippen LogP contribution in [0.4, 0.5) is 11.4 Å². The number of hydrogen-bond donors (Lipinski definition) is 2. The SMILES string of the molecule is CCCOc1c2cc([N+](=O)[O-])cc1Cc1cccc(c1O)Cc1cc([N+](=O)[O-])cc(c1OCCC)Cc1cccc(c1O)C2. The van der Waals surface area contributed by atoms with E-state index < -0.39 is 9.85 Å². The fourth-order valence-corrected chi connectivity index (χ4v) is 5.67. The van der Waals surface area contributed by atoms with Gasteiger partial charge in [-0.3, -0.25) is 20.2 Å². The van der Waals surface area contributed by atoms with Gasteiger partial charge in [-0.05, 0) is 35.1 Å². The van der Waals surface area contributed by atoms with Gasteiger partial charge >= 0.3 is 0 Å². The van der Waals surface area contributed by atoms with Gasteiger partial charge in [0, 0.05) is 72.2 Å². The van der Waals surface area contributed by atoms with Gasteiger partial charge in [0.25, 0.3) is 11.4 Å². The molecule has 5 rings (SSSR count). The molecule has 4 aromatic rings. The maximum Gasteiger partial charge on any atom is 0.270 e. The summed E-state index contributed by atoms with van der Waals surface area (Å²) in [5.74, 6) is 0.948. The summed E-state index contributed by atoms with van der Waals surface area (Å²) in [5, 5.41) is 46.9. The van der Waals surface area contributed by atoms with E-state index in [0.717, 1.165) is 0 Å². The van der Waals surface area contributed by atoms with Crippen molar-refractivity contribution in [2.45, 2.75) is 52.4 Å². The molecule has 228 valence electrons. The predicted octanol–water partition coefficient (Wildman–Crippen LogP) is 7.17. The van der Waals surface area contributed by atoms with Crippen molar-refractivity contribution in [3.63, 3.8) is 0 Å². The smallest absolute Gasteiger partial charge is 0.270 e. The van der Waals surface area contributed by atoms with Gasteiger partial charge in [0.2, 0.25) is 0 Å². The molecule has 0 amide bonds. The number of fused-ring (bicyclic) bond motifs is 8. The van der Waals surface area contributed by atoms with Gasteiger partial charge in [0.15, 0.2) is 0 Å². The summed E-state index contributed by atoms with van der Waals surface area (Å²) < 4.78 is 12.4. The van der Waals surface area contributed by atoms with Crippen molar-refractivity contribution in [2.75, 3.05) is 13.2 Å². The number of benzene rings is 4. The lowest BCUT2D eigenvalue weighted by molar-refractivity contribution is -0.385. The molecule has 1 aliphatic rings. The van der Waals surface area contributed by atoms with Crippen LogP contribution in [0.15, 0.2) is 60.7 Å². The minimum atomic E-state index is -0.460. The molecule has 0 atom stereocenters. The number of phenols is 2. The Hall–Kier alpha value is -5.12. The second-order valence-electron chi connectivity index (χ2n) is 11.0. The molecule has 0 fully saturated rings. The zero-order valence-corrected chi connectivity index (χ0v) is 24.7. The van der Waals surface area contributed by atoms with Crippen molar-refractivity contribution >= 4 is 11.4 Å². The third-order valence-electron chi connectivity index (χ3n) is 7.71. The van der Waals surface area contributed by atoms with Crippen LogP contribution in [0, 0.1) is 20.2 Å². The number of aromatic hydroxyl groups is 2. The highest BCUT2D eigenvalue weighted by Gasteiger charge is 2.24. The Balaban J connectivity index is 1.79. The van der Waals surface area contributed by atoms with Crippen molar-refractivity contribution < 1.29 is 29.5 Å². The summed E-state index contributed by atoms with van der Waals surface area (Å²) >= 11 is 0. The van der Waals surface area contributed by atoms with Gasteiger partial charge in [-0.15, -0.1) is 0 Å². The third kappa shape index (κ3) is 6.29. The maximum atomic E-state index is 12.0. The number of nitro benzene ring substituents is 2. The number of nitrogens with zero attached hydrogens (tertiary/aromatic N) is 2. The lowest BCUT2D eigenvalue weighted by Crippen LogP contribution is -2.08. The maximum absolute atomic E-state index is 12.0. The van der Waals surface area contributed by atoms with Crippen LogP contribution >= 0.6 is 0 Å². The predicted molar refractivity (Wildman–Crippen MR) is 165 cm³/mol. The molecule has 10 nitrogen and oxygen atoms in total. The molecule has 4 aromatic carbocycles. The monoisotopic (exact) mass is 598 g/mol. The van der Waals surface area contributed by atoms with E-state index in [2.05, 4.69) is 0 Å². The van der Waals surface area contributed by atoms with Crippen molar-refractivity contribution in [3.05, 3.63) is 125 Å². The molecule has 0 heterocycles. The molecule has 1 aliphatic carbocycles. The number of nitro groups is 2. The number of non-ortho nitro benzene ring substituents is 2. The molecule has 0 unspecified atom stereocenters. The van der Waals surface area contributed by atoms with E-state index in [1.165, 1.54) is 24.3 Å². The van der Waals surface area contributed by atoms with Crippen LogP contribution in [0.25, 0.3) is 0 Å². The zero-order chi connectivity index (χ0) is 31.4. The molecule has 10 heteroatoms. The number of phenolic OH excluding ortho intramolecular Hbond substituents is 2. The van der Waals surface area contributed by atoms with Crippen LogP contribution < -0.4 is 9.47 Å². The summed E-state index contributed by atoms with van der Waals surface area (Å²) in [6.07, 6.45) is 1.97. The van der Waals surface area contributed by atoms with Crippen molar-refractivity contribution in [3.8, 4) is 23.0 Å². The second-order valence-corrected chi connectivity index (χ2v) is 11.0. The van der Waals surface area contributed by atoms with Crippen LogP contribution in [0.5, 0.6) is 23.0 Å². The molecular weight excluding hydrogens is 564 g/mol. The summed E-state index contributed by atoms with van der Waals surface area (Å²) in [6, 6.07) is 16.4. The van der Waals surface area contributed by atoms with Crippen molar-refractivity contribution in [1.82, 2.24) is 0 Å². The molecule has 0 saturated carbocycles. The lowest BCUT2D eigenvalue weighted by atomic mass is 9.91. The first-order valence-corrected chi connectivity index (χ1v) is 14.7. The molecule has 0 saturated heterocycles. The Kier molecular flexibility index (Phi) is 8.99. The number of rotatable bonds is 8. The largest absolute Gasteiger partial charge is 0.507 e. The van der Waals surface area contributed by atoms with Crippen LogP contribution in [-0.4, -0.2) is 33.3 Å². The molecule has 0 radical (unpaired) electrons. The van der Waals surface area contributed by atoms with E-state index in [-0.39, 0.29) is 48.6 Å². The Morgan fingerprint density at radius 1 is 0.591 bits per heavy atom. The topological polar surface area (TPSA) is 145 Å². The Bertz CT molecular complexity index is 1520. The summed E-state index contributed by atoms with van der Waals surface area (Å²) in [5.41, 5.74) is 3.97. The van der Waals surface area contributed by atoms with Gasteiger partial charge in [0.1, 0.15) is 23.0 Å². The Morgan fingerprint density at radius 2 is 0.886 bits per heavy atom. The molecule has 44 heavy (non-hydrogen) atoms. The minimum absolute atomic E-state index is 0.00791. The van der Waals surface area contributed by atoms with Gasteiger partial charge in [-0.2, -0.15) is 0 Å². The fourth-order valence-electron chi connectivity index (χ4n) is 5.67. The van der Waals surface area contributed by atoms with Gasteiger partial charge in [-0.25, -0.2) is 0 Å². The molecule has 8 bridgehead atoms. The normalized spacial score (nSPS) is 12.4. The van der Waals surface area contributed by atoms with Crippen molar-refractivity contribution in [2.24, 2.45) is 0 Å². The van der Waals surface area contributed by atoms with E-state index >= 15 is 0 Å². The van der Waals surface area contributed by atoms with E-state index in [0.29, 0.717) is 82.1 Å². The fraction of sp³-hybridized carbons (Fsp3) is 0.294. The van der Waals surface area contributed by atoms with Crippen LogP contribution in [0.1, 0.15) is 71.2 Å². The first kappa shape index (κ1) is 30.3. The van der Waals surface area contributed by atoms with Crippen LogP contribution in [0.3, 0.4) is 0 Å². The molecule has 0 aliphatic heterocycles. The van der Waals surface area contributed by atoms with E-state index in [4.69, 9.17) is 9.47 Å². The van der Waals surface area contributed by atoms with E-state index in [9.17, 15) is 30.4 Å². The Labute approximate surface area is 254 Å². The lowest BCUT2D eigenvalue weighted by Gasteiger charge is -2.20. The van der Waals surface area contributed by atoms with E-state index in [1.54, 1.807) is 36.4 Å². The minimum Gasteiger partial charge on any atom is -0.507 e. The van der Waals surface area contributed by atoms with Gasteiger partial charge in [-0.1, -0.05) is 50.2 Å². The summed E-state index contributed by atoms with van der Waals surface area (Å²) in [7, 11) is 0. The second kappa shape index (κ2) is 13.0. The van der Waals surface area contributed by atoms with Crippen molar-refractivity contribution in [1.29, 1.82) is 0 Å². The van der Waals surface area contributed by atoms with Gasteiger partial charge < -0.3 is 19.7 Å². The Morgan fingerprint density at radius 3 is 1.14 bits per heavy atom. The molecular formula is C34H34N2O8. The highest BCUT2D eigenvalue weighted by Crippen LogP contribution is 2.40. The number of hydrogen-bond acceptors (Lipinski definition) is 8. The number of ether oxygens (including phenoxy) is 2. The zero-order valence-electron chi connectivity index (χ0n) is 24.7. The van der Waals surface area contributed by atoms with E-state index in [1.807, 2.05) is 13.8 Å². The summed E-state index contributed by atoms with van der Waals surface area (Å²) in [6.45, 7) is 4.68. The van der Waals surface area contributed by atoms with Gasteiger partial charge in [0.05, 0.1) is 23.1 Å². The number of para-hydroxylation sites is 2. The van der Waals surface area contributed by atoms with Crippen LogP contribution in [-0.2, 0) is 25.7 Å². The highest BCUT2D eigenvalue weighted by atomic mass is 16.6.